The summed E-state index contributed by atoms with van der Waals surface area (Å²) in [6.45, 7) is 2.25. The van der Waals surface area contributed by atoms with Crippen molar-refractivity contribution in [3.63, 3.8) is 0 Å². The van der Waals surface area contributed by atoms with Crippen LogP contribution in [0.5, 0.6) is 0 Å². The fourth-order valence-electron chi connectivity index (χ4n) is 1.83. The van der Waals surface area contributed by atoms with Crippen LogP contribution in [0.4, 0.5) is 0 Å². The zero-order valence-corrected chi connectivity index (χ0v) is 10.6. The molecule has 0 N–H and O–H groups in total. The first-order valence-corrected chi connectivity index (χ1v) is 6.86. The smallest absolute Gasteiger partial charge is 0.00481 e. The summed E-state index contributed by atoms with van der Waals surface area (Å²) in [6, 6.07) is 13.1. The molecular formula is C15H18S. The predicted octanol–water partition coefficient (Wildman–Crippen LogP) is 4.68. The van der Waals surface area contributed by atoms with Crippen molar-refractivity contribution in [1.29, 1.82) is 0 Å². The molecule has 0 fully saturated rings. The molecule has 0 radical (unpaired) electrons. The second kappa shape index (κ2) is 5.86. The van der Waals surface area contributed by atoms with Crippen molar-refractivity contribution in [2.45, 2.75) is 32.6 Å². The van der Waals surface area contributed by atoms with E-state index in [1.165, 1.54) is 35.3 Å². The van der Waals surface area contributed by atoms with Gasteiger partial charge in [0.15, 0.2) is 0 Å². The minimum Gasteiger partial charge on any atom is -0.149 e. The van der Waals surface area contributed by atoms with Crippen LogP contribution in [0.3, 0.4) is 0 Å². The van der Waals surface area contributed by atoms with Gasteiger partial charge in [0, 0.05) is 4.88 Å². The summed E-state index contributed by atoms with van der Waals surface area (Å²) in [4.78, 5) is 1.53. The first kappa shape index (κ1) is 11.4. The molecule has 2 aromatic rings. The van der Waals surface area contributed by atoms with Crippen LogP contribution < -0.4 is 0 Å². The third kappa shape index (κ3) is 3.21. The molecule has 0 saturated carbocycles. The van der Waals surface area contributed by atoms with E-state index in [2.05, 4.69) is 48.7 Å². The van der Waals surface area contributed by atoms with Gasteiger partial charge in [0.05, 0.1) is 0 Å². The van der Waals surface area contributed by atoms with E-state index in [-0.39, 0.29) is 0 Å². The molecule has 0 amide bonds. The molecule has 0 aliphatic rings. The SMILES string of the molecule is CCCCc1cc(Cc2ccccc2)cs1. The normalized spacial score (nSPS) is 10.6. The van der Waals surface area contributed by atoms with Crippen LogP contribution in [0.2, 0.25) is 0 Å². The molecule has 1 aromatic carbocycles. The van der Waals surface area contributed by atoms with E-state index in [1.807, 2.05) is 11.3 Å². The van der Waals surface area contributed by atoms with Crippen LogP contribution in [0, 0.1) is 0 Å². The van der Waals surface area contributed by atoms with E-state index < -0.39 is 0 Å². The Morgan fingerprint density at radius 3 is 2.62 bits per heavy atom. The highest BCUT2D eigenvalue weighted by Crippen LogP contribution is 2.19. The van der Waals surface area contributed by atoms with Gasteiger partial charge >= 0.3 is 0 Å². The minimum atomic E-state index is 1.07. The van der Waals surface area contributed by atoms with E-state index in [9.17, 15) is 0 Å². The Morgan fingerprint density at radius 2 is 1.88 bits per heavy atom. The Balaban J connectivity index is 1.97. The first-order chi connectivity index (χ1) is 7.88. The van der Waals surface area contributed by atoms with Crippen molar-refractivity contribution in [2.75, 3.05) is 0 Å². The molecular weight excluding hydrogens is 212 g/mol. The van der Waals surface area contributed by atoms with Crippen LogP contribution in [0.15, 0.2) is 41.8 Å². The molecule has 0 nitrogen and oxygen atoms in total. The van der Waals surface area contributed by atoms with Crippen molar-refractivity contribution in [3.8, 4) is 0 Å². The van der Waals surface area contributed by atoms with E-state index in [1.54, 1.807) is 0 Å². The maximum absolute atomic E-state index is 2.37. The summed E-state index contributed by atoms with van der Waals surface area (Å²) >= 11 is 1.91. The lowest BCUT2D eigenvalue weighted by molar-refractivity contribution is 0.804. The number of unbranched alkanes of at least 4 members (excludes halogenated alkanes) is 1. The molecule has 0 spiro atoms. The monoisotopic (exact) mass is 230 g/mol. The zero-order chi connectivity index (χ0) is 11.2. The lowest BCUT2D eigenvalue weighted by atomic mass is 10.1. The molecule has 2 rings (SSSR count). The van der Waals surface area contributed by atoms with E-state index >= 15 is 0 Å². The minimum absolute atomic E-state index is 1.07. The highest BCUT2D eigenvalue weighted by Gasteiger charge is 2.00. The summed E-state index contributed by atoms with van der Waals surface area (Å²) < 4.78 is 0. The summed E-state index contributed by atoms with van der Waals surface area (Å²) in [5.41, 5.74) is 2.87. The second-order valence-corrected chi connectivity index (χ2v) is 5.18. The van der Waals surface area contributed by atoms with Gasteiger partial charge in [-0.05, 0) is 41.8 Å². The number of aryl methyl sites for hydroxylation is 1. The lowest BCUT2D eigenvalue weighted by Crippen LogP contribution is -1.84. The maximum atomic E-state index is 2.37. The van der Waals surface area contributed by atoms with Crippen LogP contribution in [0.25, 0.3) is 0 Å². The third-order valence-electron chi connectivity index (χ3n) is 2.74. The van der Waals surface area contributed by atoms with Crippen LogP contribution in [-0.4, -0.2) is 0 Å². The van der Waals surface area contributed by atoms with Gasteiger partial charge in [-0.1, -0.05) is 43.7 Å². The fraction of sp³-hybridized carbons (Fsp3) is 0.333. The maximum Gasteiger partial charge on any atom is 0.00481 e. The summed E-state index contributed by atoms with van der Waals surface area (Å²) in [6.07, 6.45) is 4.91. The lowest BCUT2D eigenvalue weighted by Gasteiger charge is -1.97. The molecule has 0 atom stereocenters. The molecule has 1 heteroatoms. The number of benzene rings is 1. The Kier molecular flexibility index (Phi) is 4.17. The van der Waals surface area contributed by atoms with Gasteiger partial charge in [-0.25, -0.2) is 0 Å². The highest BCUT2D eigenvalue weighted by molar-refractivity contribution is 7.10. The van der Waals surface area contributed by atoms with Gasteiger partial charge in [0.1, 0.15) is 0 Å². The summed E-state index contributed by atoms with van der Waals surface area (Å²) in [5, 5.41) is 2.30. The molecule has 0 bridgehead atoms. The molecule has 0 saturated heterocycles. The summed E-state index contributed by atoms with van der Waals surface area (Å²) in [7, 11) is 0. The quantitative estimate of drug-likeness (QED) is 0.699. The van der Waals surface area contributed by atoms with Gasteiger partial charge in [0.25, 0.3) is 0 Å². The molecule has 1 heterocycles. The molecule has 16 heavy (non-hydrogen) atoms. The van der Waals surface area contributed by atoms with Crippen LogP contribution >= 0.6 is 11.3 Å². The van der Waals surface area contributed by atoms with Gasteiger partial charge in [0.2, 0.25) is 0 Å². The Morgan fingerprint density at radius 1 is 1.06 bits per heavy atom. The predicted molar refractivity (Wildman–Crippen MR) is 72.2 cm³/mol. The largest absolute Gasteiger partial charge is 0.149 e. The Labute approximate surface area is 102 Å². The first-order valence-electron chi connectivity index (χ1n) is 5.98. The molecule has 0 unspecified atom stereocenters. The van der Waals surface area contributed by atoms with Crippen LogP contribution in [-0.2, 0) is 12.8 Å². The van der Waals surface area contributed by atoms with E-state index in [4.69, 9.17) is 0 Å². The van der Waals surface area contributed by atoms with Crippen LogP contribution in [0.1, 0.15) is 35.8 Å². The number of hydrogen-bond acceptors (Lipinski definition) is 1. The Bertz CT molecular complexity index is 414. The average molecular weight is 230 g/mol. The highest BCUT2D eigenvalue weighted by atomic mass is 32.1. The number of thiophene rings is 1. The van der Waals surface area contributed by atoms with Gasteiger partial charge < -0.3 is 0 Å². The topological polar surface area (TPSA) is 0 Å². The zero-order valence-electron chi connectivity index (χ0n) is 9.78. The number of hydrogen-bond donors (Lipinski definition) is 0. The van der Waals surface area contributed by atoms with Gasteiger partial charge in [-0.15, -0.1) is 11.3 Å². The van der Waals surface area contributed by atoms with Crippen molar-refractivity contribution in [2.24, 2.45) is 0 Å². The van der Waals surface area contributed by atoms with Gasteiger partial charge in [-0.3, -0.25) is 0 Å². The molecule has 1 aromatic heterocycles. The number of rotatable bonds is 5. The third-order valence-corrected chi connectivity index (χ3v) is 3.78. The molecule has 0 aliphatic carbocycles. The standard InChI is InChI=1S/C15H18S/c1-2-3-9-15-11-14(12-16-15)10-13-7-5-4-6-8-13/h4-8,11-12H,2-3,9-10H2,1H3. The molecule has 84 valence electrons. The van der Waals surface area contributed by atoms with Crippen molar-refractivity contribution >= 4 is 11.3 Å². The van der Waals surface area contributed by atoms with Crippen molar-refractivity contribution in [1.82, 2.24) is 0 Å². The Hall–Kier alpha value is -1.08. The fourth-order valence-corrected chi connectivity index (χ4v) is 2.77. The van der Waals surface area contributed by atoms with Crippen molar-refractivity contribution in [3.05, 3.63) is 57.8 Å². The van der Waals surface area contributed by atoms with E-state index in [0.717, 1.165) is 6.42 Å². The van der Waals surface area contributed by atoms with Gasteiger partial charge in [-0.2, -0.15) is 0 Å². The second-order valence-electron chi connectivity index (χ2n) is 4.19. The van der Waals surface area contributed by atoms with E-state index in [0.29, 0.717) is 0 Å². The van der Waals surface area contributed by atoms with Crippen molar-refractivity contribution < 1.29 is 0 Å². The summed E-state index contributed by atoms with van der Waals surface area (Å²) in [5.74, 6) is 0. The molecule has 0 aliphatic heterocycles. The average Bonchev–Trinajstić information content (AvgIpc) is 2.75.